The number of anilines is 1. The standard InChI is InChI=1S/C20H18N4O5S/c25-18-20(8-6-12(10-20)22-19(26)27)16-14-7-9-24(17(14)21-11-15(16)23-18)30(28,29)13-4-2-1-3-5-13/h1-5,7,9,11-12,22H,6,8,10H2,(H,23,25)(H,26,27)/t12-,20-/m0/s1. The highest BCUT2D eigenvalue weighted by Crippen LogP contribution is 2.51. The number of aromatic nitrogens is 2. The van der Waals surface area contributed by atoms with Crippen molar-refractivity contribution in [2.24, 2.45) is 0 Å². The number of rotatable bonds is 3. The number of carbonyl (C=O) groups excluding carboxylic acids is 1. The average molecular weight is 426 g/mol. The summed E-state index contributed by atoms with van der Waals surface area (Å²) in [6.45, 7) is 0. The topological polar surface area (TPSA) is 130 Å². The van der Waals surface area contributed by atoms with E-state index in [4.69, 9.17) is 5.11 Å². The zero-order chi connectivity index (χ0) is 21.1. The van der Waals surface area contributed by atoms with Crippen molar-refractivity contribution in [2.75, 3.05) is 5.32 Å². The molecule has 0 saturated heterocycles. The number of nitrogens with zero attached hydrogens (tertiary/aromatic N) is 2. The molecule has 3 aromatic rings. The molecule has 2 atom stereocenters. The van der Waals surface area contributed by atoms with Crippen LogP contribution in [0.3, 0.4) is 0 Å². The molecule has 2 aliphatic rings. The van der Waals surface area contributed by atoms with Crippen molar-refractivity contribution in [3.8, 4) is 0 Å². The van der Waals surface area contributed by atoms with Gasteiger partial charge in [0.25, 0.3) is 10.0 Å². The molecule has 1 aromatic carbocycles. The molecule has 2 amide bonds. The fourth-order valence-corrected chi connectivity index (χ4v) is 6.03. The Morgan fingerprint density at radius 1 is 1.27 bits per heavy atom. The number of nitrogens with one attached hydrogen (secondary N) is 2. The summed E-state index contributed by atoms with van der Waals surface area (Å²) in [4.78, 5) is 28.4. The Balaban J connectivity index is 1.66. The number of amides is 2. The highest BCUT2D eigenvalue weighted by molar-refractivity contribution is 7.90. The summed E-state index contributed by atoms with van der Waals surface area (Å²) in [5.74, 6) is -0.208. The molecule has 1 fully saturated rings. The highest BCUT2D eigenvalue weighted by atomic mass is 32.2. The number of carbonyl (C=O) groups is 2. The quantitative estimate of drug-likeness (QED) is 0.589. The van der Waals surface area contributed by atoms with E-state index in [-0.39, 0.29) is 22.5 Å². The molecule has 1 aliphatic heterocycles. The van der Waals surface area contributed by atoms with Gasteiger partial charge in [-0.25, -0.2) is 22.2 Å². The molecule has 3 N–H and O–H groups in total. The van der Waals surface area contributed by atoms with Crippen molar-refractivity contribution in [3.63, 3.8) is 0 Å². The van der Waals surface area contributed by atoms with Crippen molar-refractivity contribution in [2.45, 2.75) is 35.6 Å². The van der Waals surface area contributed by atoms with Crippen molar-refractivity contribution in [1.82, 2.24) is 14.3 Å². The molecule has 0 bridgehead atoms. The summed E-state index contributed by atoms with van der Waals surface area (Å²) >= 11 is 0. The molecule has 9 nitrogen and oxygen atoms in total. The van der Waals surface area contributed by atoms with Crippen LogP contribution in [0.15, 0.2) is 53.7 Å². The highest BCUT2D eigenvalue weighted by Gasteiger charge is 2.53. The lowest BCUT2D eigenvalue weighted by atomic mass is 9.79. The van der Waals surface area contributed by atoms with Crippen LogP contribution in [0, 0.1) is 0 Å². The van der Waals surface area contributed by atoms with E-state index in [0.717, 1.165) is 3.97 Å². The van der Waals surface area contributed by atoms with Crippen LogP contribution in [0.4, 0.5) is 10.5 Å². The Morgan fingerprint density at radius 3 is 2.77 bits per heavy atom. The summed E-state index contributed by atoms with van der Waals surface area (Å²) < 4.78 is 27.4. The van der Waals surface area contributed by atoms with Crippen LogP contribution in [0.1, 0.15) is 24.8 Å². The Labute approximate surface area is 171 Å². The molecule has 10 heteroatoms. The Morgan fingerprint density at radius 2 is 2.03 bits per heavy atom. The molecule has 5 rings (SSSR count). The van der Waals surface area contributed by atoms with E-state index in [1.54, 1.807) is 24.3 Å². The Bertz CT molecular complexity index is 1300. The second kappa shape index (κ2) is 6.30. The number of hydrogen-bond acceptors (Lipinski definition) is 5. The Kier molecular flexibility index (Phi) is 3.91. The predicted molar refractivity (Wildman–Crippen MR) is 108 cm³/mol. The van der Waals surface area contributed by atoms with Gasteiger partial charge >= 0.3 is 6.09 Å². The van der Waals surface area contributed by atoms with Crippen LogP contribution in [-0.2, 0) is 20.2 Å². The molecule has 30 heavy (non-hydrogen) atoms. The summed E-state index contributed by atoms with van der Waals surface area (Å²) in [6.07, 6.45) is 3.08. The predicted octanol–water partition coefficient (Wildman–Crippen LogP) is 2.28. The second-order valence-electron chi connectivity index (χ2n) is 7.64. The van der Waals surface area contributed by atoms with Crippen LogP contribution in [0.2, 0.25) is 0 Å². The van der Waals surface area contributed by atoms with Gasteiger partial charge in [-0.3, -0.25) is 4.79 Å². The minimum atomic E-state index is -3.86. The summed E-state index contributed by atoms with van der Waals surface area (Å²) in [5.41, 5.74) is 0.558. The SMILES string of the molecule is O=C(O)N[C@H]1CC[C@@]2(C1)C(=O)Nc1cnc3c(ccn3S(=O)(=O)c3ccccc3)c12. The van der Waals surface area contributed by atoms with Crippen LogP contribution in [0.5, 0.6) is 0 Å². The van der Waals surface area contributed by atoms with Gasteiger partial charge in [0.15, 0.2) is 5.65 Å². The van der Waals surface area contributed by atoms with Gasteiger partial charge in [-0.15, -0.1) is 0 Å². The smallest absolute Gasteiger partial charge is 0.404 e. The number of hydrogen-bond donors (Lipinski definition) is 3. The van der Waals surface area contributed by atoms with E-state index in [2.05, 4.69) is 15.6 Å². The third kappa shape index (κ3) is 2.53. The normalized spacial score (nSPS) is 22.9. The molecule has 0 radical (unpaired) electrons. The van der Waals surface area contributed by atoms with E-state index in [1.165, 1.54) is 24.5 Å². The van der Waals surface area contributed by atoms with Crippen LogP contribution >= 0.6 is 0 Å². The largest absolute Gasteiger partial charge is 0.465 e. The first kappa shape index (κ1) is 18.6. The zero-order valence-corrected chi connectivity index (χ0v) is 16.5. The monoisotopic (exact) mass is 426 g/mol. The Hall–Kier alpha value is -3.40. The number of benzene rings is 1. The van der Waals surface area contributed by atoms with E-state index in [9.17, 15) is 18.0 Å². The lowest BCUT2D eigenvalue weighted by Crippen LogP contribution is -2.36. The van der Waals surface area contributed by atoms with Gasteiger partial charge in [0.1, 0.15) is 0 Å². The second-order valence-corrected chi connectivity index (χ2v) is 9.45. The zero-order valence-electron chi connectivity index (χ0n) is 15.7. The maximum absolute atomic E-state index is 13.1. The first-order chi connectivity index (χ1) is 14.3. The van der Waals surface area contributed by atoms with Crippen molar-refractivity contribution in [1.29, 1.82) is 0 Å². The minimum Gasteiger partial charge on any atom is -0.465 e. The molecule has 3 heterocycles. The first-order valence-electron chi connectivity index (χ1n) is 9.45. The van der Waals surface area contributed by atoms with E-state index in [1.807, 2.05) is 0 Å². The van der Waals surface area contributed by atoms with Gasteiger partial charge < -0.3 is 15.7 Å². The van der Waals surface area contributed by atoms with Crippen LogP contribution < -0.4 is 10.6 Å². The van der Waals surface area contributed by atoms with E-state index in [0.29, 0.717) is 35.9 Å². The summed E-state index contributed by atoms with van der Waals surface area (Å²) in [7, 11) is -3.86. The molecule has 2 aromatic heterocycles. The average Bonchev–Trinajstić information content (AvgIpc) is 3.39. The molecule has 1 saturated carbocycles. The number of carboxylic acid groups (broad SMARTS) is 1. The summed E-state index contributed by atoms with van der Waals surface area (Å²) in [5, 5.41) is 14.9. The lowest BCUT2D eigenvalue weighted by molar-refractivity contribution is -0.120. The van der Waals surface area contributed by atoms with Gasteiger partial charge in [-0.05, 0) is 37.5 Å². The van der Waals surface area contributed by atoms with E-state index >= 15 is 0 Å². The first-order valence-corrected chi connectivity index (χ1v) is 10.9. The number of fused-ring (bicyclic) bond motifs is 4. The van der Waals surface area contributed by atoms with Gasteiger partial charge in [0, 0.05) is 23.2 Å². The third-order valence-corrected chi connectivity index (χ3v) is 7.66. The fourth-order valence-electron chi connectivity index (χ4n) is 4.71. The number of pyridine rings is 1. The van der Waals surface area contributed by atoms with Crippen LogP contribution in [-0.4, -0.2) is 40.5 Å². The molecule has 154 valence electrons. The van der Waals surface area contributed by atoms with Crippen molar-refractivity contribution in [3.05, 3.63) is 54.4 Å². The third-order valence-electron chi connectivity index (χ3n) is 5.98. The molecule has 1 aliphatic carbocycles. The fraction of sp³-hybridized carbons (Fsp3) is 0.250. The van der Waals surface area contributed by atoms with Crippen molar-refractivity contribution >= 4 is 38.7 Å². The van der Waals surface area contributed by atoms with Crippen LogP contribution in [0.25, 0.3) is 11.0 Å². The van der Waals surface area contributed by atoms with Gasteiger partial charge in [0.05, 0.1) is 22.2 Å². The molecule has 0 unspecified atom stereocenters. The van der Waals surface area contributed by atoms with E-state index < -0.39 is 21.5 Å². The maximum Gasteiger partial charge on any atom is 0.404 e. The van der Waals surface area contributed by atoms with Gasteiger partial charge in [-0.2, -0.15) is 0 Å². The lowest BCUT2D eigenvalue weighted by Gasteiger charge is -2.22. The minimum absolute atomic E-state index is 0.139. The molecule has 1 spiro atoms. The molecular weight excluding hydrogens is 408 g/mol. The maximum atomic E-state index is 13.1. The van der Waals surface area contributed by atoms with Gasteiger partial charge in [-0.1, -0.05) is 18.2 Å². The summed E-state index contributed by atoms with van der Waals surface area (Å²) in [6, 6.07) is 9.37. The van der Waals surface area contributed by atoms with Crippen molar-refractivity contribution < 1.29 is 23.1 Å². The van der Waals surface area contributed by atoms with Gasteiger partial charge in [0.2, 0.25) is 5.91 Å². The molecular formula is C20H18N4O5S.